The van der Waals surface area contributed by atoms with Crippen LogP contribution in [0.1, 0.15) is 22.6 Å². The molecule has 0 saturated heterocycles. The SMILES string of the molecule is CONC(=O)C1CN(c2nc(Nc3cc4c(cc3OC)CCN(C)C4)ncc2Cl)c2ccccc21. The van der Waals surface area contributed by atoms with Crippen molar-refractivity contribution in [1.29, 1.82) is 0 Å². The molecule has 0 saturated carbocycles. The molecular formula is C25H27ClN6O3. The summed E-state index contributed by atoms with van der Waals surface area (Å²) < 4.78 is 5.65. The second-order valence-corrected chi connectivity index (χ2v) is 9.10. The minimum absolute atomic E-state index is 0.227. The van der Waals surface area contributed by atoms with Crippen molar-refractivity contribution in [3.63, 3.8) is 0 Å². The maximum absolute atomic E-state index is 12.6. The van der Waals surface area contributed by atoms with Gasteiger partial charge in [0.05, 0.1) is 32.0 Å². The number of amides is 1. The number of aromatic nitrogens is 2. The highest BCUT2D eigenvalue weighted by molar-refractivity contribution is 6.33. The molecule has 2 aromatic carbocycles. The molecule has 0 bridgehead atoms. The van der Waals surface area contributed by atoms with Crippen LogP contribution in [-0.2, 0) is 22.6 Å². The van der Waals surface area contributed by atoms with Crippen LogP contribution in [0.25, 0.3) is 0 Å². The Morgan fingerprint density at radius 2 is 2.03 bits per heavy atom. The average molecular weight is 495 g/mol. The predicted octanol–water partition coefficient (Wildman–Crippen LogP) is 3.78. The molecule has 1 unspecified atom stereocenters. The molecule has 3 aromatic rings. The van der Waals surface area contributed by atoms with E-state index in [1.54, 1.807) is 13.3 Å². The van der Waals surface area contributed by atoms with Gasteiger partial charge in [-0.1, -0.05) is 29.8 Å². The number of carbonyl (C=O) groups excluding carboxylic acids is 1. The highest BCUT2D eigenvalue weighted by atomic mass is 35.5. The van der Waals surface area contributed by atoms with Gasteiger partial charge in [0, 0.05) is 25.3 Å². The Kier molecular flexibility index (Phi) is 6.46. The summed E-state index contributed by atoms with van der Waals surface area (Å²) in [6.07, 6.45) is 2.55. The summed E-state index contributed by atoms with van der Waals surface area (Å²) in [6.45, 7) is 2.27. The number of nitrogens with zero attached hydrogens (tertiary/aromatic N) is 4. The van der Waals surface area contributed by atoms with E-state index in [0.29, 0.717) is 23.3 Å². The molecule has 2 aliphatic rings. The van der Waals surface area contributed by atoms with Gasteiger partial charge < -0.3 is 19.9 Å². The number of fused-ring (bicyclic) bond motifs is 2. The lowest BCUT2D eigenvalue weighted by atomic mass is 9.99. The average Bonchev–Trinajstić information content (AvgIpc) is 3.24. The van der Waals surface area contributed by atoms with E-state index in [9.17, 15) is 4.79 Å². The standard InChI is InChI=1S/C25H27ClN6O3/c1-31-9-8-15-11-22(34-2)20(10-16(15)13-31)28-25-27-12-19(26)23(29-25)32-14-18(24(33)30-35-3)17-6-4-5-7-21(17)32/h4-7,10-12,18H,8-9,13-14H2,1-3H3,(H,30,33)(H,27,28,29). The minimum atomic E-state index is -0.425. The molecule has 1 amide bonds. The van der Waals surface area contributed by atoms with E-state index in [0.717, 1.165) is 42.2 Å². The lowest BCUT2D eigenvalue weighted by Crippen LogP contribution is -2.31. The van der Waals surface area contributed by atoms with Crippen molar-refractivity contribution in [3.8, 4) is 5.75 Å². The number of benzene rings is 2. The lowest BCUT2D eigenvalue weighted by molar-refractivity contribution is -0.132. The van der Waals surface area contributed by atoms with Crippen molar-refractivity contribution in [2.24, 2.45) is 0 Å². The van der Waals surface area contributed by atoms with Gasteiger partial charge in [0.15, 0.2) is 5.82 Å². The zero-order valence-corrected chi connectivity index (χ0v) is 20.6. The van der Waals surface area contributed by atoms with Crippen molar-refractivity contribution in [2.75, 3.05) is 44.6 Å². The Morgan fingerprint density at radius 3 is 2.83 bits per heavy atom. The number of hydroxylamine groups is 1. The first-order valence-electron chi connectivity index (χ1n) is 11.4. The number of likely N-dealkylation sites (N-methyl/N-ethyl adjacent to an activating group) is 1. The molecule has 2 N–H and O–H groups in total. The van der Waals surface area contributed by atoms with E-state index in [4.69, 9.17) is 26.2 Å². The maximum atomic E-state index is 12.6. The van der Waals surface area contributed by atoms with E-state index in [-0.39, 0.29) is 5.91 Å². The normalized spacial score (nSPS) is 17.0. The summed E-state index contributed by atoms with van der Waals surface area (Å²) in [4.78, 5) is 30.8. The van der Waals surface area contributed by atoms with Crippen molar-refractivity contribution < 1.29 is 14.4 Å². The Labute approximate surface area is 209 Å². The quantitative estimate of drug-likeness (QED) is 0.500. The zero-order chi connectivity index (χ0) is 24.5. The molecule has 9 nitrogen and oxygen atoms in total. The summed E-state index contributed by atoms with van der Waals surface area (Å²) in [7, 11) is 5.19. The number of ether oxygens (including phenoxy) is 1. The van der Waals surface area contributed by atoms with Crippen molar-refractivity contribution in [2.45, 2.75) is 18.9 Å². The van der Waals surface area contributed by atoms with Gasteiger partial charge in [-0.15, -0.1) is 0 Å². The largest absolute Gasteiger partial charge is 0.495 e. The van der Waals surface area contributed by atoms with Crippen LogP contribution in [0.15, 0.2) is 42.6 Å². The number of carbonyl (C=O) groups is 1. The second kappa shape index (κ2) is 9.69. The summed E-state index contributed by atoms with van der Waals surface area (Å²) in [5, 5.41) is 3.69. The number of hydrogen-bond donors (Lipinski definition) is 2. The van der Waals surface area contributed by atoms with Crippen molar-refractivity contribution in [3.05, 3.63) is 64.3 Å². The lowest BCUT2D eigenvalue weighted by Gasteiger charge is -2.26. The van der Waals surface area contributed by atoms with Crippen LogP contribution in [0.2, 0.25) is 5.02 Å². The Bertz CT molecular complexity index is 1270. The monoisotopic (exact) mass is 494 g/mol. The third kappa shape index (κ3) is 4.50. The van der Waals surface area contributed by atoms with Crippen LogP contribution in [-0.4, -0.2) is 55.1 Å². The van der Waals surface area contributed by atoms with Gasteiger partial charge in [-0.3, -0.25) is 9.63 Å². The molecule has 3 heterocycles. The highest BCUT2D eigenvalue weighted by Crippen LogP contribution is 2.43. The molecule has 35 heavy (non-hydrogen) atoms. The topological polar surface area (TPSA) is 91.8 Å². The van der Waals surface area contributed by atoms with Gasteiger partial charge in [0.25, 0.3) is 5.91 Å². The fourth-order valence-electron chi connectivity index (χ4n) is 4.73. The molecule has 1 atom stereocenters. The molecule has 2 aliphatic heterocycles. The Hall–Kier alpha value is -3.40. The zero-order valence-electron chi connectivity index (χ0n) is 19.8. The van der Waals surface area contributed by atoms with Gasteiger partial charge in [0.1, 0.15) is 10.8 Å². The van der Waals surface area contributed by atoms with Crippen molar-refractivity contribution in [1.82, 2.24) is 20.3 Å². The third-order valence-corrected chi connectivity index (χ3v) is 6.71. The van der Waals surface area contributed by atoms with Crippen molar-refractivity contribution >= 4 is 40.6 Å². The van der Waals surface area contributed by atoms with Gasteiger partial charge >= 0.3 is 0 Å². The first-order valence-corrected chi connectivity index (χ1v) is 11.7. The molecule has 0 fully saturated rings. The predicted molar refractivity (Wildman–Crippen MR) is 135 cm³/mol. The number of para-hydroxylation sites is 1. The van der Waals surface area contributed by atoms with Crippen LogP contribution in [0.5, 0.6) is 5.75 Å². The molecule has 10 heteroatoms. The van der Waals surface area contributed by atoms with Crippen LogP contribution in [0.3, 0.4) is 0 Å². The molecular weight excluding hydrogens is 468 g/mol. The fourth-order valence-corrected chi connectivity index (χ4v) is 4.92. The molecule has 0 aliphatic carbocycles. The van der Waals surface area contributed by atoms with Crippen LogP contribution in [0, 0.1) is 0 Å². The fraction of sp³-hybridized carbons (Fsp3) is 0.320. The maximum Gasteiger partial charge on any atom is 0.252 e. The van der Waals surface area contributed by atoms with Crippen LogP contribution >= 0.6 is 11.6 Å². The molecule has 0 spiro atoms. The van der Waals surface area contributed by atoms with Gasteiger partial charge in [0.2, 0.25) is 5.95 Å². The van der Waals surface area contributed by atoms with E-state index in [1.807, 2.05) is 29.2 Å². The summed E-state index contributed by atoms with van der Waals surface area (Å²) >= 11 is 6.55. The first-order chi connectivity index (χ1) is 17.0. The summed E-state index contributed by atoms with van der Waals surface area (Å²) in [5.74, 6) is 0.979. The van der Waals surface area contributed by atoms with E-state index in [1.165, 1.54) is 18.2 Å². The smallest absolute Gasteiger partial charge is 0.252 e. The molecule has 1 aromatic heterocycles. The second-order valence-electron chi connectivity index (χ2n) is 8.69. The molecule has 182 valence electrons. The number of hydrogen-bond acceptors (Lipinski definition) is 8. The van der Waals surface area contributed by atoms with Gasteiger partial charge in [-0.05, 0) is 48.4 Å². The van der Waals surface area contributed by atoms with Crippen LogP contribution < -0.4 is 20.4 Å². The summed E-state index contributed by atoms with van der Waals surface area (Å²) in [5.41, 5.74) is 7.51. The van der Waals surface area contributed by atoms with E-state index < -0.39 is 5.92 Å². The number of nitrogens with one attached hydrogen (secondary N) is 2. The Morgan fingerprint density at radius 1 is 1.20 bits per heavy atom. The van der Waals surface area contributed by atoms with E-state index in [2.05, 4.69) is 39.9 Å². The van der Waals surface area contributed by atoms with Gasteiger partial charge in [-0.25, -0.2) is 10.5 Å². The van der Waals surface area contributed by atoms with E-state index >= 15 is 0 Å². The number of halogens is 1. The number of methoxy groups -OCH3 is 1. The minimum Gasteiger partial charge on any atom is -0.495 e. The van der Waals surface area contributed by atoms with Gasteiger partial charge in [-0.2, -0.15) is 4.98 Å². The summed E-state index contributed by atoms with van der Waals surface area (Å²) in [6, 6.07) is 11.9. The third-order valence-electron chi connectivity index (χ3n) is 6.44. The number of rotatable bonds is 6. The molecule has 5 rings (SSSR count). The van der Waals surface area contributed by atoms with Crippen LogP contribution in [0.4, 0.5) is 23.1 Å². The number of anilines is 4. The Balaban J connectivity index is 1.48. The first kappa shape index (κ1) is 23.3. The molecule has 0 radical (unpaired) electrons. The highest BCUT2D eigenvalue weighted by Gasteiger charge is 2.36.